The lowest BCUT2D eigenvalue weighted by atomic mass is 10.2. The Labute approximate surface area is 113 Å². The zero-order valence-corrected chi connectivity index (χ0v) is 12.2. The molecule has 0 spiro atoms. The number of aromatic nitrogens is 2. The summed E-state index contributed by atoms with van der Waals surface area (Å²) in [4.78, 5) is 0.00480. The standard InChI is InChI=1S/C8H3Br2ClN2O2S/c9-7-5-2-1-4(16(11,14)15)3-6(5)12-13-8(7)10/h1-3H. The van der Waals surface area contributed by atoms with E-state index in [1.165, 1.54) is 12.1 Å². The molecule has 0 unspecified atom stereocenters. The third kappa shape index (κ3) is 2.22. The Morgan fingerprint density at radius 1 is 1.19 bits per heavy atom. The summed E-state index contributed by atoms with van der Waals surface area (Å²) < 4.78 is 23.5. The van der Waals surface area contributed by atoms with E-state index >= 15 is 0 Å². The first-order valence-corrected chi connectivity index (χ1v) is 7.85. The quantitative estimate of drug-likeness (QED) is 0.707. The van der Waals surface area contributed by atoms with E-state index in [1.54, 1.807) is 6.07 Å². The lowest BCUT2D eigenvalue weighted by molar-refractivity contribution is 0.609. The fourth-order valence-corrected chi connectivity index (χ4v) is 2.66. The second-order valence-electron chi connectivity index (χ2n) is 2.92. The van der Waals surface area contributed by atoms with Gasteiger partial charge in [0.05, 0.1) is 14.9 Å². The fraction of sp³-hybridized carbons (Fsp3) is 0. The maximum atomic E-state index is 11.1. The van der Waals surface area contributed by atoms with Crippen LogP contribution in [-0.2, 0) is 9.05 Å². The summed E-state index contributed by atoms with van der Waals surface area (Å²) in [6, 6.07) is 4.42. The van der Waals surface area contributed by atoms with Crippen molar-refractivity contribution in [1.82, 2.24) is 10.2 Å². The van der Waals surface area contributed by atoms with Crippen LogP contribution >= 0.6 is 42.5 Å². The minimum Gasteiger partial charge on any atom is -0.207 e. The smallest absolute Gasteiger partial charge is 0.207 e. The molecule has 0 aliphatic carbocycles. The Morgan fingerprint density at radius 2 is 1.88 bits per heavy atom. The molecule has 0 atom stereocenters. The second kappa shape index (κ2) is 4.21. The maximum absolute atomic E-state index is 11.1. The van der Waals surface area contributed by atoms with Crippen LogP contribution < -0.4 is 0 Å². The fourth-order valence-electron chi connectivity index (χ4n) is 1.18. The topological polar surface area (TPSA) is 59.9 Å². The van der Waals surface area contributed by atoms with E-state index in [4.69, 9.17) is 10.7 Å². The molecule has 0 aliphatic rings. The summed E-state index contributed by atoms with van der Waals surface area (Å²) in [5.74, 6) is 0. The molecule has 0 N–H and O–H groups in total. The van der Waals surface area contributed by atoms with Gasteiger partial charge in [0.15, 0.2) is 0 Å². The van der Waals surface area contributed by atoms with Crippen molar-refractivity contribution in [3.8, 4) is 0 Å². The Hall–Kier alpha value is -0.240. The molecule has 0 radical (unpaired) electrons. The van der Waals surface area contributed by atoms with Crippen molar-refractivity contribution in [2.24, 2.45) is 0 Å². The van der Waals surface area contributed by atoms with Gasteiger partial charge in [-0.1, -0.05) is 6.07 Å². The molecule has 0 amide bonds. The number of hydrogen-bond acceptors (Lipinski definition) is 4. The molecule has 8 heteroatoms. The normalized spacial score (nSPS) is 11.9. The van der Waals surface area contributed by atoms with Crippen LogP contribution in [0.25, 0.3) is 10.9 Å². The largest absolute Gasteiger partial charge is 0.261 e. The van der Waals surface area contributed by atoms with Crippen LogP contribution in [0.1, 0.15) is 0 Å². The van der Waals surface area contributed by atoms with Gasteiger partial charge in [0.25, 0.3) is 9.05 Å². The van der Waals surface area contributed by atoms with Gasteiger partial charge in [-0.2, -0.15) is 0 Å². The van der Waals surface area contributed by atoms with Crippen molar-refractivity contribution in [3.05, 3.63) is 27.3 Å². The lowest BCUT2D eigenvalue weighted by Crippen LogP contribution is -1.93. The number of rotatable bonds is 1. The molecule has 16 heavy (non-hydrogen) atoms. The van der Waals surface area contributed by atoms with Crippen LogP contribution in [0, 0.1) is 0 Å². The van der Waals surface area contributed by atoms with E-state index in [0.717, 1.165) is 9.86 Å². The summed E-state index contributed by atoms with van der Waals surface area (Å²) in [5.41, 5.74) is 0.455. The molecule has 0 saturated carbocycles. The first-order chi connectivity index (χ1) is 7.39. The summed E-state index contributed by atoms with van der Waals surface area (Å²) in [5, 5.41) is 8.43. The molecular formula is C8H3Br2ClN2O2S. The maximum Gasteiger partial charge on any atom is 0.261 e. The monoisotopic (exact) mass is 384 g/mol. The minimum absolute atomic E-state index is 0.00480. The van der Waals surface area contributed by atoms with Crippen LogP contribution in [0.5, 0.6) is 0 Å². The van der Waals surface area contributed by atoms with E-state index in [1.807, 2.05) is 0 Å². The molecule has 0 saturated heterocycles. The van der Waals surface area contributed by atoms with Crippen LogP contribution in [0.3, 0.4) is 0 Å². The zero-order valence-electron chi connectivity index (χ0n) is 7.49. The van der Waals surface area contributed by atoms with Crippen molar-refractivity contribution in [3.63, 3.8) is 0 Å². The molecule has 2 aromatic rings. The first kappa shape index (κ1) is 12.2. The minimum atomic E-state index is -3.74. The Morgan fingerprint density at radius 3 is 2.50 bits per heavy atom. The van der Waals surface area contributed by atoms with Gasteiger partial charge < -0.3 is 0 Å². The molecular weight excluding hydrogens is 383 g/mol. The third-order valence-electron chi connectivity index (χ3n) is 1.91. The molecule has 0 fully saturated rings. The number of halogens is 3. The van der Waals surface area contributed by atoms with E-state index in [0.29, 0.717) is 10.1 Å². The van der Waals surface area contributed by atoms with Gasteiger partial charge in [0.2, 0.25) is 0 Å². The van der Waals surface area contributed by atoms with Crippen molar-refractivity contribution < 1.29 is 8.42 Å². The predicted octanol–water partition coefficient (Wildman–Crippen LogP) is 3.08. The van der Waals surface area contributed by atoms with Crippen LogP contribution in [-0.4, -0.2) is 18.6 Å². The van der Waals surface area contributed by atoms with Gasteiger partial charge in [-0.25, -0.2) is 8.42 Å². The molecule has 1 heterocycles. The summed E-state index contributed by atoms with van der Waals surface area (Å²) in [6.45, 7) is 0. The highest BCUT2D eigenvalue weighted by Gasteiger charge is 2.13. The summed E-state index contributed by atoms with van der Waals surface area (Å²) in [7, 11) is 1.49. The van der Waals surface area contributed by atoms with Crippen LogP contribution in [0.15, 0.2) is 32.2 Å². The molecule has 84 valence electrons. The average molecular weight is 386 g/mol. The van der Waals surface area contributed by atoms with E-state index in [-0.39, 0.29) is 4.90 Å². The van der Waals surface area contributed by atoms with Gasteiger partial charge in [-0.05, 0) is 44.0 Å². The van der Waals surface area contributed by atoms with Crippen molar-refractivity contribution in [2.45, 2.75) is 4.90 Å². The van der Waals surface area contributed by atoms with Crippen LogP contribution in [0.4, 0.5) is 0 Å². The number of benzene rings is 1. The number of fused-ring (bicyclic) bond motifs is 1. The van der Waals surface area contributed by atoms with Crippen molar-refractivity contribution in [2.75, 3.05) is 0 Å². The van der Waals surface area contributed by atoms with E-state index < -0.39 is 9.05 Å². The Balaban J connectivity index is 2.80. The summed E-state index contributed by atoms with van der Waals surface area (Å²) >= 11 is 6.53. The van der Waals surface area contributed by atoms with Gasteiger partial charge in [0.1, 0.15) is 4.60 Å². The average Bonchev–Trinajstić information content (AvgIpc) is 2.22. The van der Waals surface area contributed by atoms with Crippen molar-refractivity contribution >= 4 is 62.5 Å². The highest BCUT2D eigenvalue weighted by molar-refractivity contribution is 9.13. The van der Waals surface area contributed by atoms with Gasteiger partial charge >= 0.3 is 0 Å². The number of hydrogen-bond donors (Lipinski definition) is 0. The van der Waals surface area contributed by atoms with E-state index in [2.05, 4.69) is 42.1 Å². The SMILES string of the molecule is O=S(=O)(Cl)c1ccc2c(Br)c(Br)nnc2c1. The Kier molecular flexibility index (Phi) is 3.22. The molecule has 4 nitrogen and oxygen atoms in total. The van der Waals surface area contributed by atoms with Gasteiger partial charge in [0, 0.05) is 16.1 Å². The highest BCUT2D eigenvalue weighted by Crippen LogP contribution is 2.29. The molecule has 0 bridgehead atoms. The number of nitrogens with zero attached hydrogens (tertiary/aromatic N) is 2. The van der Waals surface area contributed by atoms with Gasteiger partial charge in [-0.3, -0.25) is 0 Å². The van der Waals surface area contributed by atoms with Crippen LogP contribution in [0.2, 0.25) is 0 Å². The van der Waals surface area contributed by atoms with Gasteiger partial charge in [-0.15, -0.1) is 10.2 Å². The van der Waals surface area contributed by atoms with E-state index in [9.17, 15) is 8.42 Å². The second-order valence-corrected chi connectivity index (χ2v) is 7.03. The predicted molar refractivity (Wildman–Crippen MR) is 68.0 cm³/mol. The van der Waals surface area contributed by atoms with Crippen molar-refractivity contribution in [1.29, 1.82) is 0 Å². The molecule has 2 rings (SSSR count). The summed E-state index contributed by atoms with van der Waals surface area (Å²) in [6.07, 6.45) is 0. The zero-order chi connectivity index (χ0) is 11.9. The molecule has 1 aromatic heterocycles. The third-order valence-corrected chi connectivity index (χ3v) is 5.16. The highest BCUT2D eigenvalue weighted by atomic mass is 79.9. The lowest BCUT2D eigenvalue weighted by Gasteiger charge is -2.02. The first-order valence-electron chi connectivity index (χ1n) is 3.95. The molecule has 0 aliphatic heterocycles. The Bertz CT molecular complexity index is 675. The molecule has 1 aromatic carbocycles.